The fourth-order valence-corrected chi connectivity index (χ4v) is 5.97. The lowest BCUT2D eigenvalue weighted by molar-refractivity contribution is -0.113. The van der Waals surface area contributed by atoms with Crippen molar-refractivity contribution in [2.75, 3.05) is 21.3 Å². The molecule has 5 nitrogen and oxygen atoms in total. The summed E-state index contributed by atoms with van der Waals surface area (Å²) in [5.74, 6) is -0.358. The summed E-state index contributed by atoms with van der Waals surface area (Å²) in [5, 5.41) is 5.93. The van der Waals surface area contributed by atoms with E-state index in [0.29, 0.717) is 11.4 Å². The zero-order chi connectivity index (χ0) is 24.2. The van der Waals surface area contributed by atoms with Crippen molar-refractivity contribution in [1.29, 1.82) is 0 Å². The van der Waals surface area contributed by atoms with E-state index in [4.69, 9.17) is 0 Å². The quantitative estimate of drug-likeness (QED) is 0.387. The van der Waals surface area contributed by atoms with Gasteiger partial charge in [-0.05, 0) is 54.6 Å². The first-order valence-corrected chi connectivity index (χ1v) is 12.9. The van der Waals surface area contributed by atoms with E-state index in [-0.39, 0.29) is 34.8 Å². The van der Waals surface area contributed by atoms with Gasteiger partial charge in [-0.2, -0.15) is 0 Å². The number of anilines is 3. The molecule has 0 fully saturated rings. The number of hydrogen-bond donors (Lipinski definition) is 2. The first-order chi connectivity index (χ1) is 17.1. The number of para-hydroxylation sites is 1. The van der Waals surface area contributed by atoms with E-state index in [1.54, 1.807) is 11.8 Å². The van der Waals surface area contributed by atoms with Gasteiger partial charge in [0.25, 0.3) is 0 Å². The lowest BCUT2D eigenvalue weighted by Gasteiger charge is -2.40. The minimum absolute atomic E-state index is 0.0763. The number of carbonyl (C=O) groups excluding carboxylic acids is 2. The maximum atomic E-state index is 13.4. The lowest BCUT2D eigenvalue weighted by Crippen LogP contribution is -2.49. The van der Waals surface area contributed by atoms with Crippen LogP contribution in [0.4, 0.5) is 26.2 Å². The van der Waals surface area contributed by atoms with Crippen molar-refractivity contribution in [2.24, 2.45) is 0 Å². The second-order valence-electron chi connectivity index (χ2n) is 7.98. The lowest BCUT2D eigenvalue weighted by atomic mass is 10.1. The SMILES string of the molecule is O=C(CSc1cccc(NC(=O)N2c3ccccc3SC3C=CC=CC32)c1)Nc1ccc(F)cc1. The zero-order valence-corrected chi connectivity index (χ0v) is 20.2. The van der Waals surface area contributed by atoms with Gasteiger partial charge in [-0.1, -0.05) is 42.5 Å². The number of hydrogen-bond acceptors (Lipinski definition) is 4. The molecule has 0 radical (unpaired) electrons. The Labute approximate surface area is 211 Å². The minimum Gasteiger partial charge on any atom is -0.325 e. The molecule has 1 heterocycles. The molecule has 5 rings (SSSR count). The van der Waals surface area contributed by atoms with Gasteiger partial charge in [0.05, 0.1) is 22.7 Å². The molecular weight excluding hydrogens is 481 g/mol. The van der Waals surface area contributed by atoms with Crippen molar-refractivity contribution < 1.29 is 14.0 Å². The topological polar surface area (TPSA) is 61.4 Å². The van der Waals surface area contributed by atoms with Crippen molar-refractivity contribution in [3.05, 3.63) is 103 Å². The molecule has 2 atom stereocenters. The summed E-state index contributed by atoms with van der Waals surface area (Å²) in [6.07, 6.45) is 8.17. The van der Waals surface area contributed by atoms with E-state index in [1.807, 2.05) is 65.6 Å². The van der Waals surface area contributed by atoms with E-state index >= 15 is 0 Å². The Bertz CT molecular complexity index is 1310. The van der Waals surface area contributed by atoms with Crippen LogP contribution in [-0.4, -0.2) is 29.0 Å². The summed E-state index contributed by atoms with van der Waals surface area (Å²) in [6, 6.07) is 20.7. The Morgan fingerprint density at radius 1 is 0.914 bits per heavy atom. The monoisotopic (exact) mass is 503 g/mol. The maximum absolute atomic E-state index is 13.4. The van der Waals surface area contributed by atoms with Crippen LogP contribution in [-0.2, 0) is 4.79 Å². The van der Waals surface area contributed by atoms with Crippen LogP contribution in [0.25, 0.3) is 0 Å². The molecule has 0 saturated carbocycles. The number of urea groups is 1. The van der Waals surface area contributed by atoms with Crippen LogP contribution in [0.15, 0.2) is 107 Å². The van der Waals surface area contributed by atoms with Crippen molar-refractivity contribution in [3.8, 4) is 0 Å². The number of halogens is 1. The van der Waals surface area contributed by atoms with Gasteiger partial charge in [0, 0.05) is 21.2 Å². The predicted molar refractivity (Wildman–Crippen MR) is 142 cm³/mol. The highest BCUT2D eigenvalue weighted by Gasteiger charge is 2.36. The van der Waals surface area contributed by atoms with Crippen molar-refractivity contribution in [3.63, 3.8) is 0 Å². The standard InChI is InChI=1S/C27H22FN3O2S2/c28-18-12-14-19(15-13-18)29-26(32)17-34-21-7-5-6-20(16-21)30-27(33)31-22-8-1-3-10-24(22)35-25-11-4-2-9-23(25)31/h1-16,22,24H,17H2,(H,29,32)(H,30,33). The smallest absolute Gasteiger partial charge is 0.325 e. The molecular formula is C27H22FN3O2S2. The summed E-state index contributed by atoms with van der Waals surface area (Å²) in [7, 11) is 0. The molecule has 176 valence electrons. The molecule has 2 N–H and O–H groups in total. The summed E-state index contributed by atoms with van der Waals surface area (Å²) in [5.41, 5.74) is 2.09. The molecule has 0 saturated heterocycles. The number of nitrogens with zero attached hydrogens (tertiary/aromatic N) is 1. The summed E-state index contributed by atoms with van der Waals surface area (Å²) in [4.78, 5) is 29.4. The van der Waals surface area contributed by atoms with E-state index in [0.717, 1.165) is 15.5 Å². The molecule has 2 unspecified atom stereocenters. The molecule has 3 amide bonds. The first kappa shape index (κ1) is 23.3. The van der Waals surface area contributed by atoms with Gasteiger partial charge in [-0.15, -0.1) is 23.5 Å². The third-order valence-corrected chi connectivity index (χ3v) is 7.85. The summed E-state index contributed by atoms with van der Waals surface area (Å²) < 4.78 is 13.0. The molecule has 35 heavy (non-hydrogen) atoms. The van der Waals surface area contributed by atoms with E-state index in [9.17, 15) is 14.0 Å². The zero-order valence-electron chi connectivity index (χ0n) is 18.6. The number of rotatable bonds is 5. The normalized spacial score (nSPS) is 17.9. The first-order valence-electron chi connectivity index (χ1n) is 11.1. The Kier molecular flexibility index (Phi) is 6.92. The Morgan fingerprint density at radius 3 is 2.57 bits per heavy atom. The molecule has 0 aromatic heterocycles. The highest BCUT2D eigenvalue weighted by molar-refractivity contribution is 8.00. The molecule has 0 spiro atoms. The number of nitrogens with one attached hydrogen (secondary N) is 2. The molecule has 8 heteroatoms. The third-order valence-electron chi connectivity index (χ3n) is 5.54. The maximum Gasteiger partial charge on any atom is 0.326 e. The van der Waals surface area contributed by atoms with Gasteiger partial charge in [-0.25, -0.2) is 9.18 Å². The van der Waals surface area contributed by atoms with Crippen molar-refractivity contribution >= 4 is 52.5 Å². The molecule has 0 bridgehead atoms. The van der Waals surface area contributed by atoms with Gasteiger partial charge in [-0.3, -0.25) is 9.69 Å². The third kappa shape index (κ3) is 5.44. The highest BCUT2D eigenvalue weighted by Crippen LogP contribution is 2.43. The van der Waals surface area contributed by atoms with Crippen LogP contribution in [0, 0.1) is 5.82 Å². The van der Waals surface area contributed by atoms with E-state index in [2.05, 4.69) is 22.8 Å². The Balaban J connectivity index is 1.25. The summed E-state index contributed by atoms with van der Waals surface area (Å²) >= 11 is 3.12. The van der Waals surface area contributed by atoms with E-state index < -0.39 is 0 Å². The van der Waals surface area contributed by atoms with Crippen LogP contribution in [0.3, 0.4) is 0 Å². The van der Waals surface area contributed by atoms with Crippen LogP contribution in [0.2, 0.25) is 0 Å². The Hall–Kier alpha value is -3.49. The average molecular weight is 504 g/mol. The van der Waals surface area contributed by atoms with Crippen LogP contribution in [0.1, 0.15) is 0 Å². The summed E-state index contributed by atoms with van der Waals surface area (Å²) in [6.45, 7) is 0. The van der Waals surface area contributed by atoms with Crippen LogP contribution >= 0.6 is 23.5 Å². The largest absolute Gasteiger partial charge is 0.326 e. The number of benzene rings is 3. The van der Waals surface area contributed by atoms with Crippen LogP contribution < -0.4 is 15.5 Å². The number of allylic oxidation sites excluding steroid dienone is 2. The van der Waals surface area contributed by atoms with Gasteiger partial charge in [0.2, 0.25) is 5.91 Å². The molecule has 1 aliphatic carbocycles. The van der Waals surface area contributed by atoms with Gasteiger partial charge in [0.15, 0.2) is 0 Å². The molecule has 3 aromatic rings. The molecule has 3 aromatic carbocycles. The predicted octanol–water partition coefficient (Wildman–Crippen LogP) is 6.56. The fourth-order valence-electron chi connectivity index (χ4n) is 3.95. The van der Waals surface area contributed by atoms with Gasteiger partial charge >= 0.3 is 6.03 Å². The Morgan fingerprint density at radius 2 is 1.71 bits per heavy atom. The average Bonchev–Trinajstić information content (AvgIpc) is 2.87. The van der Waals surface area contributed by atoms with Crippen molar-refractivity contribution in [2.45, 2.75) is 21.1 Å². The number of fused-ring (bicyclic) bond motifs is 2. The second-order valence-corrected chi connectivity index (χ2v) is 10.3. The van der Waals surface area contributed by atoms with E-state index in [1.165, 1.54) is 36.0 Å². The number of carbonyl (C=O) groups is 2. The molecule has 2 aliphatic rings. The van der Waals surface area contributed by atoms with Crippen molar-refractivity contribution in [1.82, 2.24) is 0 Å². The van der Waals surface area contributed by atoms with Gasteiger partial charge < -0.3 is 10.6 Å². The second kappa shape index (κ2) is 10.4. The fraction of sp³-hybridized carbons (Fsp3) is 0.111. The van der Waals surface area contributed by atoms with Crippen LogP contribution in [0.5, 0.6) is 0 Å². The molecule has 1 aliphatic heterocycles. The number of thioether (sulfide) groups is 2. The highest BCUT2D eigenvalue weighted by atomic mass is 32.2. The number of amides is 3. The minimum atomic E-state index is -0.352. The van der Waals surface area contributed by atoms with Gasteiger partial charge in [0.1, 0.15) is 5.82 Å².